The standard InChI is InChI=1S/C19H27NO4/c1-22-16-8-6-15(7-9-16)12-19(21)20(13-17-4-2-10-23-17)14-18-5-3-11-24-18/h6-9,17-18H,2-5,10-14H2,1H3/t17-,18-/m1/s1. The highest BCUT2D eigenvalue weighted by molar-refractivity contribution is 5.79. The molecular formula is C19H27NO4. The van der Waals surface area contributed by atoms with Crippen molar-refractivity contribution in [1.82, 2.24) is 4.90 Å². The van der Waals surface area contributed by atoms with Crippen molar-refractivity contribution in [3.8, 4) is 5.75 Å². The Morgan fingerprint density at radius 3 is 2.12 bits per heavy atom. The van der Waals surface area contributed by atoms with Crippen molar-refractivity contribution in [2.75, 3.05) is 33.4 Å². The molecule has 0 aromatic heterocycles. The second-order valence-electron chi connectivity index (χ2n) is 6.59. The van der Waals surface area contributed by atoms with Crippen molar-refractivity contribution in [3.05, 3.63) is 29.8 Å². The summed E-state index contributed by atoms with van der Waals surface area (Å²) in [4.78, 5) is 14.8. The van der Waals surface area contributed by atoms with E-state index in [2.05, 4.69) is 0 Å². The Bertz CT molecular complexity index is 501. The fraction of sp³-hybridized carbons (Fsp3) is 0.632. The zero-order valence-corrected chi connectivity index (χ0v) is 14.4. The van der Waals surface area contributed by atoms with E-state index >= 15 is 0 Å². The van der Waals surface area contributed by atoms with E-state index in [1.54, 1.807) is 7.11 Å². The first-order valence-electron chi connectivity index (χ1n) is 8.88. The second kappa shape index (κ2) is 8.49. The third-order valence-electron chi connectivity index (χ3n) is 4.76. The molecule has 132 valence electrons. The molecule has 2 heterocycles. The number of methoxy groups -OCH3 is 1. The van der Waals surface area contributed by atoms with Gasteiger partial charge in [-0.2, -0.15) is 0 Å². The summed E-state index contributed by atoms with van der Waals surface area (Å²) in [7, 11) is 1.64. The summed E-state index contributed by atoms with van der Waals surface area (Å²) >= 11 is 0. The van der Waals surface area contributed by atoms with Crippen molar-refractivity contribution < 1.29 is 19.0 Å². The summed E-state index contributed by atoms with van der Waals surface area (Å²) in [5, 5.41) is 0. The maximum absolute atomic E-state index is 12.8. The molecule has 2 aliphatic heterocycles. The van der Waals surface area contributed by atoms with Gasteiger partial charge in [0.15, 0.2) is 0 Å². The van der Waals surface area contributed by atoms with Crippen LogP contribution >= 0.6 is 0 Å². The molecule has 2 saturated heterocycles. The fourth-order valence-electron chi connectivity index (χ4n) is 3.38. The minimum atomic E-state index is 0.145. The number of rotatable bonds is 7. The van der Waals surface area contributed by atoms with Gasteiger partial charge in [0.1, 0.15) is 5.75 Å². The van der Waals surface area contributed by atoms with Crippen molar-refractivity contribution in [2.24, 2.45) is 0 Å². The van der Waals surface area contributed by atoms with E-state index in [0.29, 0.717) is 19.5 Å². The maximum atomic E-state index is 12.8. The van der Waals surface area contributed by atoms with E-state index < -0.39 is 0 Å². The summed E-state index contributed by atoms with van der Waals surface area (Å²) in [5.74, 6) is 0.952. The summed E-state index contributed by atoms with van der Waals surface area (Å²) in [6.07, 6.45) is 5.01. The number of nitrogens with zero attached hydrogens (tertiary/aromatic N) is 1. The van der Waals surface area contributed by atoms with Gasteiger partial charge < -0.3 is 19.1 Å². The van der Waals surface area contributed by atoms with Gasteiger partial charge in [0, 0.05) is 26.3 Å². The van der Waals surface area contributed by atoms with Crippen molar-refractivity contribution >= 4 is 5.91 Å². The van der Waals surface area contributed by atoms with Gasteiger partial charge in [0.2, 0.25) is 5.91 Å². The molecule has 24 heavy (non-hydrogen) atoms. The molecule has 2 fully saturated rings. The zero-order valence-electron chi connectivity index (χ0n) is 14.4. The number of carbonyl (C=O) groups excluding carboxylic acids is 1. The molecule has 0 aliphatic carbocycles. The number of hydrogen-bond acceptors (Lipinski definition) is 4. The molecular weight excluding hydrogens is 306 g/mol. The predicted octanol–water partition coefficient (Wildman–Crippen LogP) is 2.42. The summed E-state index contributed by atoms with van der Waals surface area (Å²) in [6, 6.07) is 7.69. The average molecular weight is 333 g/mol. The molecule has 1 aromatic carbocycles. The van der Waals surface area contributed by atoms with E-state index in [0.717, 1.165) is 50.2 Å². The van der Waals surface area contributed by atoms with E-state index in [-0.39, 0.29) is 18.1 Å². The van der Waals surface area contributed by atoms with E-state index in [1.165, 1.54) is 0 Å². The van der Waals surface area contributed by atoms with E-state index in [4.69, 9.17) is 14.2 Å². The molecule has 2 aliphatic rings. The fourth-order valence-corrected chi connectivity index (χ4v) is 3.38. The van der Waals surface area contributed by atoms with Crippen molar-refractivity contribution in [3.63, 3.8) is 0 Å². The van der Waals surface area contributed by atoms with Gasteiger partial charge >= 0.3 is 0 Å². The molecule has 0 spiro atoms. The minimum absolute atomic E-state index is 0.145. The first-order chi connectivity index (χ1) is 11.7. The molecule has 0 radical (unpaired) electrons. The van der Waals surface area contributed by atoms with Gasteiger partial charge in [-0.1, -0.05) is 12.1 Å². The van der Waals surface area contributed by atoms with Crippen LogP contribution in [-0.2, 0) is 20.7 Å². The highest BCUT2D eigenvalue weighted by atomic mass is 16.5. The largest absolute Gasteiger partial charge is 0.497 e. The van der Waals surface area contributed by atoms with E-state index in [1.807, 2.05) is 29.2 Å². The highest BCUT2D eigenvalue weighted by Gasteiger charge is 2.26. The topological polar surface area (TPSA) is 48.0 Å². The van der Waals surface area contributed by atoms with Gasteiger partial charge in [-0.3, -0.25) is 4.79 Å². The van der Waals surface area contributed by atoms with Crippen LogP contribution in [0.2, 0.25) is 0 Å². The molecule has 0 saturated carbocycles. The average Bonchev–Trinajstić information content (AvgIpc) is 3.29. The molecule has 0 unspecified atom stereocenters. The third-order valence-corrected chi connectivity index (χ3v) is 4.76. The summed E-state index contributed by atoms with van der Waals surface area (Å²) in [5.41, 5.74) is 1.01. The first-order valence-corrected chi connectivity index (χ1v) is 8.88. The second-order valence-corrected chi connectivity index (χ2v) is 6.59. The molecule has 2 atom stereocenters. The van der Waals surface area contributed by atoms with Crippen LogP contribution in [0.4, 0.5) is 0 Å². The Balaban J connectivity index is 1.61. The Hall–Kier alpha value is -1.59. The molecule has 0 N–H and O–H groups in total. The SMILES string of the molecule is COc1ccc(CC(=O)N(C[C@H]2CCCO2)C[C@H]2CCCO2)cc1. The molecule has 3 rings (SSSR count). The van der Waals surface area contributed by atoms with Crippen LogP contribution in [0.15, 0.2) is 24.3 Å². The Kier molecular flexibility index (Phi) is 6.10. The Morgan fingerprint density at radius 2 is 1.67 bits per heavy atom. The van der Waals surface area contributed by atoms with Crippen LogP contribution in [0, 0.1) is 0 Å². The smallest absolute Gasteiger partial charge is 0.227 e. The van der Waals surface area contributed by atoms with Crippen LogP contribution in [0.3, 0.4) is 0 Å². The normalized spacial score (nSPS) is 23.4. The number of amides is 1. The lowest BCUT2D eigenvalue weighted by atomic mass is 10.1. The zero-order chi connectivity index (χ0) is 16.8. The van der Waals surface area contributed by atoms with Gasteiger partial charge in [-0.05, 0) is 43.4 Å². The highest BCUT2D eigenvalue weighted by Crippen LogP contribution is 2.19. The van der Waals surface area contributed by atoms with Gasteiger partial charge in [0.05, 0.1) is 25.7 Å². The maximum Gasteiger partial charge on any atom is 0.227 e. The predicted molar refractivity (Wildman–Crippen MR) is 91.2 cm³/mol. The third kappa shape index (κ3) is 4.71. The number of hydrogen-bond donors (Lipinski definition) is 0. The Labute approximate surface area is 143 Å². The quantitative estimate of drug-likeness (QED) is 0.769. The molecule has 1 aromatic rings. The van der Waals surface area contributed by atoms with E-state index in [9.17, 15) is 4.79 Å². The lowest BCUT2D eigenvalue weighted by Crippen LogP contribution is -2.42. The first kappa shape index (κ1) is 17.2. The lowest BCUT2D eigenvalue weighted by Gasteiger charge is -2.28. The van der Waals surface area contributed by atoms with Gasteiger partial charge in [-0.25, -0.2) is 0 Å². The van der Waals surface area contributed by atoms with Crippen molar-refractivity contribution in [1.29, 1.82) is 0 Å². The van der Waals surface area contributed by atoms with Crippen LogP contribution in [-0.4, -0.2) is 56.4 Å². The van der Waals surface area contributed by atoms with Crippen molar-refractivity contribution in [2.45, 2.75) is 44.3 Å². The van der Waals surface area contributed by atoms with Crippen LogP contribution in [0.25, 0.3) is 0 Å². The minimum Gasteiger partial charge on any atom is -0.497 e. The number of carbonyl (C=O) groups is 1. The monoisotopic (exact) mass is 333 g/mol. The number of ether oxygens (including phenoxy) is 3. The molecule has 1 amide bonds. The lowest BCUT2D eigenvalue weighted by molar-refractivity contribution is -0.133. The molecule has 5 heteroatoms. The van der Waals surface area contributed by atoms with Crippen LogP contribution < -0.4 is 4.74 Å². The number of benzene rings is 1. The molecule has 0 bridgehead atoms. The van der Waals surface area contributed by atoms with Crippen LogP contribution in [0.1, 0.15) is 31.2 Å². The summed E-state index contributed by atoms with van der Waals surface area (Å²) < 4.78 is 16.6. The van der Waals surface area contributed by atoms with Crippen LogP contribution in [0.5, 0.6) is 5.75 Å². The van der Waals surface area contributed by atoms with Gasteiger partial charge in [0.25, 0.3) is 0 Å². The summed E-state index contributed by atoms with van der Waals surface area (Å²) in [6.45, 7) is 2.97. The Morgan fingerprint density at radius 1 is 1.08 bits per heavy atom. The molecule has 5 nitrogen and oxygen atoms in total. The van der Waals surface area contributed by atoms with Gasteiger partial charge in [-0.15, -0.1) is 0 Å².